The third kappa shape index (κ3) is 2.85. The summed E-state index contributed by atoms with van der Waals surface area (Å²) in [5, 5.41) is 0. The van der Waals surface area contributed by atoms with Crippen molar-refractivity contribution in [2.75, 3.05) is 0 Å². The second-order valence-corrected chi connectivity index (χ2v) is 6.29. The largest absolute Gasteiger partial charge is 0.299 e. The molecule has 0 radical (unpaired) electrons. The lowest BCUT2D eigenvalue weighted by Crippen LogP contribution is -2.38. The van der Waals surface area contributed by atoms with Crippen LogP contribution in [-0.4, -0.2) is 5.78 Å². The van der Waals surface area contributed by atoms with Gasteiger partial charge in [0, 0.05) is 18.4 Å². The molecule has 2 rings (SSSR count). The minimum atomic E-state index is -0.584. The van der Waals surface area contributed by atoms with Crippen LogP contribution >= 0.6 is 0 Å². The maximum absolute atomic E-state index is 13.4. The summed E-state index contributed by atoms with van der Waals surface area (Å²) in [6, 6.07) is 3.55. The molecule has 19 heavy (non-hydrogen) atoms. The van der Waals surface area contributed by atoms with Crippen LogP contribution in [0.15, 0.2) is 18.2 Å². The number of benzene rings is 1. The summed E-state index contributed by atoms with van der Waals surface area (Å²) in [4.78, 5) is 12.2. The first-order chi connectivity index (χ1) is 8.80. The molecule has 104 valence electrons. The highest BCUT2D eigenvalue weighted by atomic mass is 19.1. The van der Waals surface area contributed by atoms with E-state index < -0.39 is 17.0 Å². The van der Waals surface area contributed by atoms with Crippen molar-refractivity contribution in [1.29, 1.82) is 0 Å². The highest BCUT2D eigenvalue weighted by Crippen LogP contribution is 2.40. The van der Waals surface area contributed by atoms with Gasteiger partial charge in [0.1, 0.15) is 17.4 Å². The molecule has 1 aliphatic rings. The van der Waals surface area contributed by atoms with Gasteiger partial charge in [0.2, 0.25) is 0 Å². The van der Waals surface area contributed by atoms with E-state index in [1.54, 1.807) is 0 Å². The maximum atomic E-state index is 13.4. The highest BCUT2D eigenvalue weighted by molar-refractivity contribution is 5.83. The van der Waals surface area contributed by atoms with Crippen LogP contribution < -0.4 is 0 Å². The van der Waals surface area contributed by atoms with Crippen LogP contribution in [-0.2, 0) is 10.2 Å². The lowest BCUT2D eigenvalue weighted by atomic mass is 9.65. The molecule has 0 aliphatic heterocycles. The van der Waals surface area contributed by atoms with E-state index in [1.807, 2.05) is 13.8 Å². The predicted molar refractivity (Wildman–Crippen MR) is 70.9 cm³/mol. The number of carbonyl (C=O) groups excluding carboxylic acids is 1. The molecule has 0 aromatic heterocycles. The molecule has 2 unspecified atom stereocenters. The summed E-state index contributed by atoms with van der Waals surface area (Å²) in [6.07, 6.45) is 2.37. The first-order valence-electron chi connectivity index (χ1n) is 6.80. The number of Topliss-reactive ketones (excluding diaryl/α,β-unsaturated/α-hetero) is 1. The van der Waals surface area contributed by atoms with E-state index in [4.69, 9.17) is 0 Å². The van der Waals surface area contributed by atoms with Crippen molar-refractivity contribution in [2.24, 2.45) is 11.8 Å². The molecule has 0 bridgehead atoms. The van der Waals surface area contributed by atoms with Crippen LogP contribution in [0.1, 0.15) is 45.6 Å². The Morgan fingerprint density at radius 1 is 1.11 bits per heavy atom. The van der Waals surface area contributed by atoms with Crippen LogP contribution in [0, 0.1) is 23.5 Å². The molecule has 1 aromatic carbocycles. The Morgan fingerprint density at radius 3 is 2.21 bits per heavy atom. The van der Waals surface area contributed by atoms with Gasteiger partial charge in [-0.1, -0.05) is 20.8 Å². The standard InChI is InChI=1S/C16H20F2O/c1-10-4-5-14(15(19)6-10)16(2,3)11-7-12(17)9-13(18)8-11/h7-10,14H,4-6H2,1-3H3. The number of carbonyl (C=O) groups is 1. The Morgan fingerprint density at radius 2 is 1.68 bits per heavy atom. The number of hydrogen-bond acceptors (Lipinski definition) is 1. The molecule has 1 aliphatic carbocycles. The molecule has 0 saturated heterocycles. The lowest BCUT2D eigenvalue weighted by Gasteiger charge is -2.38. The Labute approximate surface area is 113 Å². The molecule has 3 heteroatoms. The van der Waals surface area contributed by atoms with Crippen LogP contribution in [0.5, 0.6) is 0 Å². The van der Waals surface area contributed by atoms with Crippen molar-refractivity contribution < 1.29 is 13.6 Å². The van der Waals surface area contributed by atoms with E-state index in [0.717, 1.165) is 18.9 Å². The van der Waals surface area contributed by atoms with Gasteiger partial charge >= 0.3 is 0 Å². The molecule has 1 aromatic rings. The normalized spacial score (nSPS) is 24.6. The molecule has 0 spiro atoms. The zero-order chi connectivity index (χ0) is 14.2. The van der Waals surface area contributed by atoms with Crippen LogP contribution in [0.2, 0.25) is 0 Å². The van der Waals surface area contributed by atoms with Gasteiger partial charge in [0.15, 0.2) is 0 Å². The minimum absolute atomic E-state index is 0.148. The van der Waals surface area contributed by atoms with Gasteiger partial charge < -0.3 is 0 Å². The Balaban J connectivity index is 2.33. The van der Waals surface area contributed by atoms with E-state index >= 15 is 0 Å². The van der Waals surface area contributed by atoms with Gasteiger partial charge in [0.05, 0.1) is 0 Å². The number of halogens is 2. The summed E-state index contributed by atoms with van der Waals surface area (Å²) >= 11 is 0. The number of ketones is 1. The van der Waals surface area contributed by atoms with Gasteiger partial charge in [-0.15, -0.1) is 0 Å². The first-order valence-corrected chi connectivity index (χ1v) is 6.80. The highest BCUT2D eigenvalue weighted by Gasteiger charge is 2.39. The van der Waals surface area contributed by atoms with Crippen molar-refractivity contribution in [3.05, 3.63) is 35.4 Å². The molecule has 0 amide bonds. The zero-order valence-electron chi connectivity index (χ0n) is 11.7. The van der Waals surface area contributed by atoms with Crippen LogP contribution in [0.3, 0.4) is 0 Å². The Bertz CT molecular complexity index is 473. The quantitative estimate of drug-likeness (QED) is 0.782. The third-order valence-corrected chi connectivity index (χ3v) is 4.36. The SMILES string of the molecule is CC1CCC(C(C)(C)c2cc(F)cc(F)c2)C(=O)C1. The fourth-order valence-electron chi connectivity index (χ4n) is 3.09. The van der Waals surface area contributed by atoms with E-state index in [2.05, 4.69) is 6.92 Å². The lowest BCUT2D eigenvalue weighted by molar-refractivity contribution is -0.128. The van der Waals surface area contributed by atoms with Crippen LogP contribution in [0.25, 0.3) is 0 Å². The van der Waals surface area contributed by atoms with E-state index in [9.17, 15) is 13.6 Å². The zero-order valence-corrected chi connectivity index (χ0v) is 11.7. The molecule has 1 fully saturated rings. The monoisotopic (exact) mass is 266 g/mol. The van der Waals surface area contributed by atoms with Crippen molar-refractivity contribution in [1.82, 2.24) is 0 Å². The van der Waals surface area contributed by atoms with Gasteiger partial charge in [-0.2, -0.15) is 0 Å². The number of rotatable bonds is 2. The molecular weight excluding hydrogens is 246 g/mol. The van der Waals surface area contributed by atoms with Crippen LogP contribution in [0.4, 0.5) is 8.78 Å². The van der Waals surface area contributed by atoms with Gasteiger partial charge in [-0.3, -0.25) is 4.79 Å². The molecule has 2 atom stereocenters. The van der Waals surface area contributed by atoms with Gasteiger partial charge in [-0.25, -0.2) is 8.78 Å². The average Bonchev–Trinajstić information content (AvgIpc) is 2.26. The van der Waals surface area contributed by atoms with Crippen molar-refractivity contribution in [3.63, 3.8) is 0 Å². The fraction of sp³-hybridized carbons (Fsp3) is 0.562. The Kier molecular flexibility index (Phi) is 3.75. The summed E-state index contributed by atoms with van der Waals surface area (Å²) in [7, 11) is 0. The van der Waals surface area contributed by atoms with E-state index in [0.29, 0.717) is 17.9 Å². The minimum Gasteiger partial charge on any atom is -0.299 e. The van der Waals surface area contributed by atoms with Crippen molar-refractivity contribution in [2.45, 2.75) is 45.4 Å². The molecule has 1 saturated carbocycles. The second kappa shape index (κ2) is 5.03. The molecular formula is C16H20F2O. The van der Waals surface area contributed by atoms with E-state index in [1.165, 1.54) is 12.1 Å². The summed E-state index contributed by atoms with van der Waals surface area (Å²) < 4.78 is 26.7. The average molecular weight is 266 g/mol. The van der Waals surface area contributed by atoms with Gasteiger partial charge in [-0.05, 0) is 41.9 Å². The Hall–Kier alpha value is -1.25. The summed E-state index contributed by atoms with van der Waals surface area (Å²) in [6.45, 7) is 5.88. The van der Waals surface area contributed by atoms with Gasteiger partial charge in [0.25, 0.3) is 0 Å². The fourth-order valence-corrected chi connectivity index (χ4v) is 3.09. The predicted octanol–water partition coefficient (Wildman–Crippen LogP) is 4.25. The first kappa shape index (κ1) is 14.2. The second-order valence-electron chi connectivity index (χ2n) is 6.29. The van der Waals surface area contributed by atoms with Crippen molar-refractivity contribution >= 4 is 5.78 Å². The summed E-state index contributed by atoms with van der Waals surface area (Å²) in [5.41, 5.74) is 0.0399. The molecule has 0 N–H and O–H groups in total. The summed E-state index contributed by atoms with van der Waals surface area (Å²) in [5.74, 6) is -0.679. The van der Waals surface area contributed by atoms with E-state index in [-0.39, 0.29) is 11.7 Å². The third-order valence-electron chi connectivity index (χ3n) is 4.36. The smallest absolute Gasteiger partial charge is 0.137 e. The number of hydrogen-bond donors (Lipinski definition) is 0. The molecule has 1 nitrogen and oxygen atoms in total. The molecule has 0 heterocycles. The van der Waals surface area contributed by atoms with Crippen molar-refractivity contribution in [3.8, 4) is 0 Å². The topological polar surface area (TPSA) is 17.1 Å². The maximum Gasteiger partial charge on any atom is 0.137 e.